The fourth-order valence-electron chi connectivity index (χ4n) is 1.41. The smallest absolute Gasteiger partial charge is 0.0534 e. The molecule has 1 aromatic rings. The zero-order valence-corrected chi connectivity index (χ0v) is 10.2. The molecule has 0 aliphatic rings. The monoisotopic (exact) mass is 210 g/mol. The molecule has 0 amide bonds. The highest BCUT2D eigenvalue weighted by Gasteiger charge is 2.02. The van der Waals surface area contributed by atoms with Crippen LogP contribution < -0.4 is 5.32 Å². The van der Waals surface area contributed by atoms with Crippen LogP contribution in [0.1, 0.15) is 18.9 Å². The topological polar surface area (TPSA) is 33.1 Å². The van der Waals surface area contributed by atoms with Crippen molar-refractivity contribution < 1.29 is 0 Å². The predicted octanol–water partition coefficient (Wildman–Crippen LogP) is 0.850. The zero-order chi connectivity index (χ0) is 11.3. The quantitative estimate of drug-likeness (QED) is 0.755. The maximum absolute atomic E-state index is 4.14. The van der Waals surface area contributed by atoms with E-state index in [9.17, 15) is 0 Å². The fourth-order valence-corrected chi connectivity index (χ4v) is 1.41. The SMILES string of the molecule is CC(CCN(C)C)NCc1cnn(C)c1. The molecule has 0 fully saturated rings. The highest BCUT2D eigenvalue weighted by Crippen LogP contribution is 1.98. The average Bonchev–Trinajstić information content (AvgIpc) is 2.58. The van der Waals surface area contributed by atoms with Crippen molar-refractivity contribution in [3.05, 3.63) is 18.0 Å². The van der Waals surface area contributed by atoms with Crippen LogP contribution >= 0.6 is 0 Å². The normalized spacial score (nSPS) is 13.4. The zero-order valence-electron chi connectivity index (χ0n) is 10.2. The van der Waals surface area contributed by atoms with E-state index in [1.165, 1.54) is 12.0 Å². The second-order valence-corrected chi connectivity index (χ2v) is 4.40. The van der Waals surface area contributed by atoms with E-state index >= 15 is 0 Å². The lowest BCUT2D eigenvalue weighted by Gasteiger charge is -2.16. The number of hydrogen-bond donors (Lipinski definition) is 1. The number of aromatic nitrogens is 2. The molecule has 4 heteroatoms. The van der Waals surface area contributed by atoms with Gasteiger partial charge in [0.15, 0.2) is 0 Å². The van der Waals surface area contributed by atoms with Crippen molar-refractivity contribution in [3.8, 4) is 0 Å². The van der Waals surface area contributed by atoms with E-state index < -0.39 is 0 Å². The largest absolute Gasteiger partial charge is 0.310 e. The molecule has 0 aromatic carbocycles. The summed E-state index contributed by atoms with van der Waals surface area (Å²) in [5.41, 5.74) is 1.24. The molecule has 1 atom stereocenters. The van der Waals surface area contributed by atoms with Crippen molar-refractivity contribution >= 4 is 0 Å². The summed E-state index contributed by atoms with van der Waals surface area (Å²) < 4.78 is 1.83. The fraction of sp³-hybridized carbons (Fsp3) is 0.727. The molecule has 1 aromatic heterocycles. The molecule has 1 unspecified atom stereocenters. The van der Waals surface area contributed by atoms with Gasteiger partial charge in [0.1, 0.15) is 0 Å². The molecule has 0 aliphatic heterocycles. The molecule has 1 N–H and O–H groups in total. The van der Waals surface area contributed by atoms with E-state index in [0.29, 0.717) is 6.04 Å². The summed E-state index contributed by atoms with van der Waals surface area (Å²) in [4.78, 5) is 2.21. The van der Waals surface area contributed by atoms with Gasteiger partial charge >= 0.3 is 0 Å². The Balaban J connectivity index is 2.19. The summed E-state index contributed by atoms with van der Waals surface area (Å²) in [6.07, 6.45) is 5.13. The van der Waals surface area contributed by atoms with Crippen molar-refractivity contribution in [1.29, 1.82) is 0 Å². The Labute approximate surface area is 92.3 Å². The Kier molecular flexibility index (Phi) is 4.78. The van der Waals surface area contributed by atoms with Gasteiger partial charge < -0.3 is 10.2 Å². The van der Waals surface area contributed by atoms with Crippen LogP contribution in [0.25, 0.3) is 0 Å². The summed E-state index contributed by atoms with van der Waals surface area (Å²) >= 11 is 0. The summed E-state index contributed by atoms with van der Waals surface area (Å²) in [5, 5.41) is 7.62. The van der Waals surface area contributed by atoms with Crippen molar-refractivity contribution in [2.45, 2.75) is 25.9 Å². The van der Waals surface area contributed by atoms with Crippen molar-refractivity contribution in [3.63, 3.8) is 0 Å². The molecule has 0 spiro atoms. The van der Waals surface area contributed by atoms with Crippen molar-refractivity contribution in [1.82, 2.24) is 20.0 Å². The molecule has 0 bridgehead atoms. The van der Waals surface area contributed by atoms with E-state index in [1.54, 1.807) is 0 Å². The van der Waals surface area contributed by atoms with Gasteiger partial charge in [-0.05, 0) is 34.0 Å². The van der Waals surface area contributed by atoms with E-state index in [1.807, 2.05) is 24.1 Å². The second kappa shape index (κ2) is 5.88. The van der Waals surface area contributed by atoms with Crippen LogP contribution in [0, 0.1) is 0 Å². The van der Waals surface area contributed by atoms with Gasteiger partial charge in [-0.15, -0.1) is 0 Å². The summed E-state index contributed by atoms with van der Waals surface area (Å²) in [5.74, 6) is 0. The van der Waals surface area contributed by atoms with Crippen LogP contribution in [0.5, 0.6) is 0 Å². The lowest BCUT2D eigenvalue weighted by molar-refractivity contribution is 0.365. The van der Waals surface area contributed by atoms with Gasteiger partial charge in [-0.1, -0.05) is 0 Å². The van der Waals surface area contributed by atoms with E-state index in [2.05, 4.69) is 36.3 Å². The molecule has 0 saturated carbocycles. The maximum Gasteiger partial charge on any atom is 0.0534 e. The van der Waals surface area contributed by atoms with E-state index in [0.717, 1.165) is 13.1 Å². The average molecular weight is 210 g/mol. The minimum atomic E-state index is 0.549. The van der Waals surface area contributed by atoms with Gasteiger partial charge in [-0.25, -0.2) is 0 Å². The third-order valence-electron chi connectivity index (χ3n) is 2.42. The van der Waals surface area contributed by atoms with Gasteiger partial charge in [-0.2, -0.15) is 5.10 Å². The van der Waals surface area contributed by atoms with Gasteiger partial charge in [0.25, 0.3) is 0 Å². The van der Waals surface area contributed by atoms with Crippen molar-refractivity contribution in [2.24, 2.45) is 7.05 Å². The first-order valence-corrected chi connectivity index (χ1v) is 5.43. The van der Waals surface area contributed by atoms with Crippen LogP contribution in [-0.4, -0.2) is 41.4 Å². The molecule has 15 heavy (non-hydrogen) atoms. The number of hydrogen-bond acceptors (Lipinski definition) is 3. The molecule has 1 rings (SSSR count). The Morgan fingerprint density at radius 1 is 1.53 bits per heavy atom. The highest BCUT2D eigenvalue weighted by atomic mass is 15.2. The Morgan fingerprint density at radius 2 is 2.27 bits per heavy atom. The predicted molar refractivity (Wildman–Crippen MR) is 62.7 cm³/mol. The third-order valence-corrected chi connectivity index (χ3v) is 2.42. The van der Waals surface area contributed by atoms with Gasteiger partial charge in [-0.3, -0.25) is 4.68 Å². The van der Waals surface area contributed by atoms with E-state index in [4.69, 9.17) is 0 Å². The molecular weight excluding hydrogens is 188 g/mol. The standard InChI is InChI=1S/C11H22N4/c1-10(5-6-14(2)3)12-7-11-8-13-15(4)9-11/h8-10,12H,5-7H2,1-4H3. The van der Waals surface area contributed by atoms with Gasteiger partial charge in [0.05, 0.1) is 6.20 Å². The van der Waals surface area contributed by atoms with Crippen LogP contribution in [0.3, 0.4) is 0 Å². The Bertz CT molecular complexity index is 280. The van der Waals surface area contributed by atoms with Crippen LogP contribution in [0.15, 0.2) is 12.4 Å². The minimum absolute atomic E-state index is 0.549. The molecule has 0 radical (unpaired) electrons. The number of nitrogens with one attached hydrogen (secondary N) is 1. The number of aryl methyl sites for hydroxylation is 1. The van der Waals surface area contributed by atoms with Crippen LogP contribution in [0.4, 0.5) is 0 Å². The third kappa shape index (κ3) is 4.95. The summed E-state index contributed by atoms with van der Waals surface area (Å²) in [6.45, 7) is 4.25. The van der Waals surface area contributed by atoms with Crippen LogP contribution in [0.2, 0.25) is 0 Å². The molecule has 4 nitrogen and oxygen atoms in total. The first-order chi connectivity index (χ1) is 7.08. The second-order valence-electron chi connectivity index (χ2n) is 4.40. The molecule has 86 valence electrons. The first kappa shape index (κ1) is 12.2. The number of rotatable bonds is 6. The van der Waals surface area contributed by atoms with Gasteiger partial charge in [0, 0.05) is 31.4 Å². The molecule has 0 saturated heterocycles. The maximum atomic E-state index is 4.14. The Morgan fingerprint density at radius 3 is 2.80 bits per heavy atom. The summed E-state index contributed by atoms with van der Waals surface area (Å²) in [7, 11) is 6.15. The van der Waals surface area contributed by atoms with Crippen LogP contribution in [-0.2, 0) is 13.6 Å². The first-order valence-electron chi connectivity index (χ1n) is 5.43. The summed E-state index contributed by atoms with van der Waals surface area (Å²) in [6, 6.07) is 0.549. The number of nitrogens with zero attached hydrogens (tertiary/aromatic N) is 3. The molecular formula is C11H22N4. The van der Waals surface area contributed by atoms with Crippen molar-refractivity contribution in [2.75, 3.05) is 20.6 Å². The minimum Gasteiger partial charge on any atom is -0.310 e. The molecule has 1 heterocycles. The lowest BCUT2D eigenvalue weighted by atomic mass is 10.2. The highest BCUT2D eigenvalue weighted by molar-refractivity contribution is 5.02. The molecule has 0 aliphatic carbocycles. The van der Waals surface area contributed by atoms with E-state index in [-0.39, 0.29) is 0 Å². The lowest BCUT2D eigenvalue weighted by Crippen LogP contribution is -2.29. The Hall–Kier alpha value is -0.870. The van der Waals surface area contributed by atoms with Gasteiger partial charge in [0.2, 0.25) is 0 Å².